The van der Waals surface area contributed by atoms with Gasteiger partial charge in [0.1, 0.15) is 12.7 Å². The van der Waals surface area contributed by atoms with Crippen molar-refractivity contribution in [3.8, 4) is 0 Å². The minimum Gasteiger partial charge on any atom is -0.463 e. The monoisotopic (exact) mass is 350 g/mol. The Hall–Kier alpha value is -2.23. The summed E-state index contributed by atoms with van der Waals surface area (Å²) in [5.41, 5.74) is 0. The van der Waals surface area contributed by atoms with E-state index in [1.165, 1.54) is 0 Å². The van der Waals surface area contributed by atoms with Crippen molar-refractivity contribution in [1.29, 1.82) is 0 Å². The molecule has 1 unspecified atom stereocenters. The van der Waals surface area contributed by atoms with Gasteiger partial charge in [-0.15, -0.1) is 0 Å². The van der Waals surface area contributed by atoms with E-state index in [0.29, 0.717) is 0 Å². The first-order chi connectivity index (χ1) is 11.1. The standard InChI is InChI=1S/C14H19FO9/c1-6(16)20-5-10-11(21-7(2)17)12(22-8(3)18)13(14(15)24-10)23-9(4)19/h10-14H,5H2,1-4H3/t10-,11+,12+,13-,14?/m1/s1. The molecule has 0 saturated carbocycles. The molecule has 136 valence electrons. The SMILES string of the molecule is CC(=O)OC[C@H]1OC(F)[C@H](OC(C)=O)[C@@H](OC(C)=O)[C@H]1OC(C)=O. The Morgan fingerprint density at radius 3 is 1.71 bits per heavy atom. The average Bonchev–Trinajstić information content (AvgIpc) is 2.42. The van der Waals surface area contributed by atoms with E-state index in [9.17, 15) is 23.6 Å². The summed E-state index contributed by atoms with van der Waals surface area (Å²) >= 11 is 0. The molecule has 0 spiro atoms. The molecule has 0 amide bonds. The van der Waals surface area contributed by atoms with E-state index in [4.69, 9.17) is 23.7 Å². The van der Waals surface area contributed by atoms with Gasteiger partial charge in [-0.05, 0) is 0 Å². The van der Waals surface area contributed by atoms with Gasteiger partial charge >= 0.3 is 23.9 Å². The molecule has 0 bridgehead atoms. The zero-order valence-electron chi connectivity index (χ0n) is 13.6. The van der Waals surface area contributed by atoms with Gasteiger partial charge in [0, 0.05) is 27.7 Å². The molecule has 0 aliphatic carbocycles. The van der Waals surface area contributed by atoms with E-state index in [0.717, 1.165) is 27.7 Å². The molecule has 5 atom stereocenters. The lowest BCUT2D eigenvalue weighted by Crippen LogP contribution is -2.61. The Morgan fingerprint density at radius 2 is 1.25 bits per heavy atom. The molecule has 1 heterocycles. The third kappa shape index (κ3) is 5.76. The summed E-state index contributed by atoms with van der Waals surface area (Å²) in [6.45, 7) is 3.85. The van der Waals surface area contributed by atoms with Gasteiger partial charge < -0.3 is 23.7 Å². The highest BCUT2D eigenvalue weighted by molar-refractivity contribution is 5.68. The van der Waals surface area contributed by atoms with Crippen LogP contribution in [0.25, 0.3) is 0 Å². The highest BCUT2D eigenvalue weighted by atomic mass is 19.1. The molecule has 1 aliphatic heterocycles. The highest BCUT2D eigenvalue weighted by Crippen LogP contribution is 2.29. The minimum absolute atomic E-state index is 0.446. The van der Waals surface area contributed by atoms with Gasteiger partial charge in [-0.2, -0.15) is 0 Å². The molecule has 0 N–H and O–H groups in total. The first-order valence-electron chi connectivity index (χ1n) is 7.06. The summed E-state index contributed by atoms with van der Waals surface area (Å²) in [5.74, 6) is -3.09. The van der Waals surface area contributed by atoms with Crippen molar-refractivity contribution < 1.29 is 47.3 Å². The number of carbonyl (C=O) groups excluding carboxylic acids is 4. The fourth-order valence-corrected chi connectivity index (χ4v) is 2.18. The van der Waals surface area contributed by atoms with Crippen molar-refractivity contribution in [2.75, 3.05) is 6.61 Å². The van der Waals surface area contributed by atoms with Gasteiger partial charge in [0.15, 0.2) is 18.3 Å². The van der Waals surface area contributed by atoms with Crippen molar-refractivity contribution >= 4 is 23.9 Å². The van der Waals surface area contributed by atoms with Crippen molar-refractivity contribution in [2.45, 2.75) is 58.5 Å². The number of hydrogen-bond acceptors (Lipinski definition) is 9. The summed E-state index contributed by atoms with van der Waals surface area (Å²) in [5, 5.41) is 0. The van der Waals surface area contributed by atoms with Crippen molar-refractivity contribution in [1.82, 2.24) is 0 Å². The van der Waals surface area contributed by atoms with Gasteiger partial charge in [-0.3, -0.25) is 19.2 Å². The number of ether oxygens (including phenoxy) is 5. The molecule has 24 heavy (non-hydrogen) atoms. The molecule has 1 saturated heterocycles. The van der Waals surface area contributed by atoms with Crippen LogP contribution in [-0.2, 0) is 42.9 Å². The molecule has 0 radical (unpaired) electrons. The average molecular weight is 350 g/mol. The maximum atomic E-state index is 14.2. The van der Waals surface area contributed by atoms with Crippen LogP contribution in [0.15, 0.2) is 0 Å². The number of hydrogen-bond donors (Lipinski definition) is 0. The number of alkyl halides is 1. The first kappa shape index (κ1) is 19.8. The molecule has 1 aliphatic rings. The van der Waals surface area contributed by atoms with E-state index in [1.54, 1.807) is 0 Å². The quantitative estimate of drug-likeness (QED) is 0.500. The van der Waals surface area contributed by atoms with Crippen LogP contribution in [0.5, 0.6) is 0 Å². The van der Waals surface area contributed by atoms with Crippen LogP contribution in [0.2, 0.25) is 0 Å². The molecule has 1 fully saturated rings. The second-order valence-electron chi connectivity index (χ2n) is 5.05. The van der Waals surface area contributed by atoms with Crippen LogP contribution < -0.4 is 0 Å². The van der Waals surface area contributed by atoms with Gasteiger partial charge in [-0.25, -0.2) is 4.39 Å². The second-order valence-corrected chi connectivity index (χ2v) is 5.05. The third-order valence-electron chi connectivity index (χ3n) is 2.93. The van der Waals surface area contributed by atoms with Crippen LogP contribution in [0.3, 0.4) is 0 Å². The van der Waals surface area contributed by atoms with E-state index < -0.39 is 61.3 Å². The van der Waals surface area contributed by atoms with Crippen molar-refractivity contribution in [3.05, 3.63) is 0 Å². The third-order valence-corrected chi connectivity index (χ3v) is 2.93. The van der Waals surface area contributed by atoms with Gasteiger partial charge in [-0.1, -0.05) is 0 Å². The highest BCUT2D eigenvalue weighted by Gasteiger charge is 2.52. The fraction of sp³-hybridized carbons (Fsp3) is 0.714. The van der Waals surface area contributed by atoms with Crippen LogP contribution >= 0.6 is 0 Å². The van der Waals surface area contributed by atoms with Crippen LogP contribution in [0.1, 0.15) is 27.7 Å². The molecule has 9 nitrogen and oxygen atoms in total. The second kappa shape index (κ2) is 8.57. The summed E-state index contributed by atoms with van der Waals surface area (Å²) in [6, 6.07) is 0. The predicted molar refractivity (Wildman–Crippen MR) is 73.1 cm³/mol. The van der Waals surface area contributed by atoms with E-state index in [-0.39, 0.29) is 0 Å². The normalized spacial score (nSPS) is 29.3. The summed E-state index contributed by atoms with van der Waals surface area (Å²) in [7, 11) is 0. The lowest BCUT2D eigenvalue weighted by Gasteiger charge is -2.41. The first-order valence-corrected chi connectivity index (χ1v) is 7.06. The van der Waals surface area contributed by atoms with Crippen LogP contribution in [-0.4, -0.2) is 61.3 Å². The Bertz CT molecular complexity index is 506. The zero-order chi connectivity index (χ0) is 18.4. The Balaban J connectivity index is 3.11. The Kier molecular flexibility index (Phi) is 7.08. The molecule has 0 aromatic carbocycles. The Labute approximate surface area is 137 Å². The van der Waals surface area contributed by atoms with Crippen molar-refractivity contribution in [3.63, 3.8) is 0 Å². The number of halogens is 1. The molecule has 0 aromatic rings. The van der Waals surface area contributed by atoms with E-state index >= 15 is 0 Å². The van der Waals surface area contributed by atoms with Crippen molar-refractivity contribution in [2.24, 2.45) is 0 Å². The summed E-state index contributed by atoms with van der Waals surface area (Å²) in [4.78, 5) is 44.7. The van der Waals surface area contributed by atoms with Gasteiger partial charge in [0.2, 0.25) is 6.36 Å². The van der Waals surface area contributed by atoms with E-state index in [2.05, 4.69) is 0 Å². The molecular formula is C14H19FO9. The van der Waals surface area contributed by atoms with E-state index in [1.807, 2.05) is 0 Å². The van der Waals surface area contributed by atoms with Gasteiger partial charge in [0.25, 0.3) is 0 Å². The fourth-order valence-electron chi connectivity index (χ4n) is 2.18. The van der Waals surface area contributed by atoms with Gasteiger partial charge in [0.05, 0.1) is 0 Å². The lowest BCUT2D eigenvalue weighted by atomic mass is 9.98. The topological polar surface area (TPSA) is 114 Å². The smallest absolute Gasteiger partial charge is 0.303 e. The summed E-state index contributed by atoms with van der Waals surface area (Å²) < 4.78 is 38.7. The Morgan fingerprint density at radius 1 is 0.792 bits per heavy atom. The number of esters is 4. The predicted octanol–water partition coefficient (Wildman–Crippen LogP) is 0.0390. The largest absolute Gasteiger partial charge is 0.463 e. The maximum absolute atomic E-state index is 14.2. The molecule has 10 heteroatoms. The van der Waals surface area contributed by atoms with Crippen LogP contribution in [0, 0.1) is 0 Å². The zero-order valence-corrected chi connectivity index (χ0v) is 13.6. The lowest BCUT2D eigenvalue weighted by molar-refractivity contribution is -0.277. The summed E-state index contributed by atoms with van der Waals surface area (Å²) in [6.07, 6.45) is -7.85. The molecule has 0 aromatic heterocycles. The maximum Gasteiger partial charge on any atom is 0.303 e. The molecule has 1 rings (SSSR count). The number of rotatable bonds is 5. The van der Waals surface area contributed by atoms with Crippen LogP contribution in [0.4, 0.5) is 4.39 Å². The minimum atomic E-state index is -2.18. The molecular weight excluding hydrogens is 331 g/mol. The number of carbonyl (C=O) groups is 4.